The van der Waals surface area contributed by atoms with E-state index < -0.39 is 32.0 Å². The Hall–Kier alpha value is -2.18. The van der Waals surface area contributed by atoms with Gasteiger partial charge in [0.2, 0.25) is 0 Å². The fraction of sp³-hybridized carbons (Fsp3) is 0.542. The zero-order valence-corrected chi connectivity index (χ0v) is 23.4. The minimum Gasteiger partial charge on any atom is -0.395 e. The summed E-state index contributed by atoms with van der Waals surface area (Å²) in [5.41, 5.74) is 7.85. The Morgan fingerprint density at radius 1 is 1.30 bits per heavy atom. The van der Waals surface area contributed by atoms with Crippen molar-refractivity contribution in [1.82, 2.24) is 20.0 Å². The minimum atomic E-state index is -3.77. The molecule has 1 fully saturated rings. The number of hydrogen-bond donors (Lipinski definition) is 3. The smallest absolute Gasteiger partial charge is 0.272 e. The van der Waals surface area contributed by atoms with Gasteiger partial charge in [-0.2, -0.15) is 5.10 Å². The van der Waals surface area contributed by atoms with Gasteiger partial charge in [-0.05, 0) is 50.8 Å². The van der Waals surface area contributed by atoms with Crippen molar-refractivity contribution in [3.63, 3.8) is 0 Å². The van der Waals surface area contributed by atoms with Gasteiger partial charge in [0.25, 0.3) is 11.8 Å². The summed E-state index contributed by atoms with van der Waals surface area (Å²) in [4.78, 5) is 27.8. The lowest BCUT2D eigenvalue weighted by Crippen LogP contribution is -2.57. The number of carbonyl (C=O) groups is 2. The summed E-state index contributed by atoms with van der Waals surface area (Å²) < 4.78 is 26.0. The molecule has 0 spiro atoms. The van der Waals surface area contributed by atoms with Crippen molar-refractivity contribution in [2.24, 2.45) is 12.8 Å². The Morgan fingerprint density at radius 3 is 2.49 bits per heavy atom. The molecule has 10 nitrogen and oxygen atoms in total. The number of aromatic nitrogens is 2. The normalized spacial score (nSPS) is 17.6. The third-order valence-corrected chi connectivity index (χ3v) is 11.1. The molecule has 0 radical (unpaired) electrons. The monoisotopic (exact) mass is 573 g/mol. The zero-order chi connectivity index (χ0) is 26.5. The maximum Gasteiger partial charge on any atom is 0.272 e. The van der Waals surface area contributed by atoms with Gasteiger partial charge in [-0.1, -0.05) is 23.7 Å². The first kappa shape index (κ1) is 29.4. The van der Waals surface area contributed by atoms with E-state index in [1.54, 1.807) is 19.2 Å². The summed E-state index contributed by atoms with van der Waals surface area (Å²) in [7, 11) is -2.17. The third-order valence-electron chi connectivity index (χ3n) is 7.49. The van der Waals surface area contributed by atoms with Crippen LogP contribution in [0.4, 0.5) is 0 Å². The number of fused-ring (bicyclic) bond motifs is 1. The summed E-state index contributed by atoms with van der Waals surface area (Å²) in [6.07, 6.45) is 1.24. The molecule has 1 saturated carbocycles. The second kappa shape index (κ2) is 10.5. The van der Waals surface area contributed by atoms with E-state index in [1.807, 2.05) is 12.1 Å². The van der Waals surface area contributed by atoms with Crippen molar-refractivity contribution < 1.29 is 23.1 Å². The van der Waals surface area contributed by atoms with Crippen LogP contribution in [0.1, 0.15) is 58.8 Å². The van der Waals surface area contributed by atoms with Gasteiger partial charge in [-0.25, -0.2) is 8.42 Å². The van der Waals surface area contributed by atoms with Crippen LogP contribution in [0.25, 0.3) is 0 Å². The number of rotatable bonds is 9. The molecule has 2 aromatic rings. The molecule has 0 saturated heterocycles. The molecule has 4 rings (SSSR count). The van der Waals surface area contributed by atoms with Crippen molar-refractivity contribution in [3.05, 3.63) is 51.8 Å². The number of hydrogen-bond acceptors (Lipinski definition) is 7. The lowest BCUT2D eigenvalue weighted by molar-refractivity contribution is 0.0724. The zero-order valence-electron chi connectivity index (χ0n) is 21.0. The van der Waals surface area contributed by atoms with E-state index in [0.717, 1.165) is 5.56 Å². The van der Waals surface area contributed by atoms with Crippen LogP contribution < -0.4 is 11.1 Å². The summed E-state index contributed by atoms with van der Waals surface area (Å²) in [6, 6.07) is 6.17. The molecule has 1 aliphatic carbocycles. The molecule has 0 bridgehead atoms. The number of aliphatic hydroxyl groups is 1. The van der Waals surface area contributed by atoms with Crippen LogP contribution in [0.3, 0.4) is 0 Å². The largest absolute Gasteiger partial charge is 0.395 e. The molecule has 37 heavy (non-hydrogen) atoms. The molecule has 1 aromatic heterocycles. The number of carbonyl (C=O) groups excluding carboxylic acids is 2. The highest BCUT2D eigenvalue weighted by Crippen LogP contribution is 2.49. The number of nitrogens with zero attached hydrogens (tertiary/aromatic N) is 3. The molecular formula is C24H33Cl2N5O5S. The summed E-state index contributed by atoms with van der Waals surface area (Å²) in [5, 5.41) is 17.2. The molecule has 1 aromatic carbocycles. The van der Waals surface area contributed by atoms with E-state index in [4.69, 9.17) is 17.3 Å². The highest BCUT2D eigenvalue weighted by Gasteiger charge is 2.62. The number of nitrogens with one attached hydrogen (secondary N) is 1. The molecule has 204 valence electrons. The number of aryl methyl sites for hydroxylation is 1. The number of amides is 2. The van der Waals surface area contributed by atoms with Crippen LogP contribution in [0.5, 0.6) is 0 Å². The molecular weight excluding hydrogens is 541 g/mol. The maximum absolute atomic E-state index is 13.5. The van der Waals surface area contributed by atoms with Crippen molar-refractivity contribution in [3.8, 4) is 0 Å². The SMILES string of the molecule is Cl.Cn1nc(C(=O)NCc2ccc(Cl)cc2)c2c1C(=O)N(CC1(S(=O)(=O)C(C)(C)[C@H](N)CO)CC1)CC2. The number of sulfone groups is 1. The van der Waals surface area contributed by atoms with E-state index in [1.165, 1.54) is 23.4 Å². The topological polar surface area (TPSA) is 148 Å². The molecule has 1 atom stereocenters. The van der Waals surface area contributed by atoms with Crippen molar-refractivity contribution >= 4 is 45.7 Å². The van der Waals surface area contributed by atoms with Crippen molar-refractivity contribution in [2.75, 3.05) is 19.7 Å². The lowest BCUT2D eigenvalue weighted by atomic mass is 10.0. The van der Waals surface area contributed by atoms with Gasteiger partial charge in [0.15, 0.2) is 15.5 Å². The highest BCUT2D eigenvalue weighted by molar-refractivity contribution is 7.94. The van der Waals surface area contributed by atoms with E-state index in [0.29, 0.717) is 29.8 Å². The van der Waals surface area contributed by atoms with Gasteiger partial charge < -0.3 is 21.1 Å². The van der Waals surface area contributed by atoms with Crippen LogP contribution in [0.2, 0.25) is 5.02 Å². The Kier molecular flexibility index (Phi) is 8.36. The Balaban J connectivity index is 0.00000380. The number of aliphatic hydroxyl groups excluding tert-OH is 1. The predicted molar refractivity (Wildman–Crippen MR) is 143 cm³/mol. The number of nitrogens with two attached hydrogens (primary N) is 1. The molecule has 2 heterocycles. The molecule has 4 N–H and O–H groups in total. The molecule has 2 amide bonds. The molecule has 2 aliphatic rings. The van der Waals surface area contributed by atoms with Gasteiger partial charge in [0.05, 0.1) is 16.1 Å². The highest BCUT2D eigenvalue weighted by atomic mass is 35.5. The van der Waals surface area contributed by atoms with Gasteiger partial charge in [-0.3, -0.25) is 14.3 Å². The summed E-state index contributed by atoms with van der Waals surface area (Å²) in [6.45, 7) is 3.20. The molecule has 0 unspecified atom stereocenters. The van der Waals surface area contributed by atoms with E-state index in [9.17, 15) is 23.1 Å². The third kappa shape index (κ3) is 5.12. The summed E-state index contributed by atoms with van der Waals surface area (Å²) in [5.74, 6) is -0.738. The number of halogens is 2. The second-order valence-electron chi connectivity index (χ2n) is 10.2. The standard InChI is InChI=1S/C24H32ClN5O5S.ClH/c1-23(2,18(26)13-31)36(34,35)24(9-10-24)14-30-11-8-17-19(28-29(3)20(17)22(30)33)21(32)27-12-15-4-6-16(25)7-5-15;/h4-7,18,31H,8-14,26H2,1-3H3,(H,27,32);1H/t18-;/m1./s1. The van der Waals surface area contributed by atoms with Crippen molar-refractivity contribution in [1.29, 1.82) is 0 Å². The number of benzene rings is 1. The van der Waals surface area contributed by atoms with Crippen LogP contribution in [0, 0.1) is 0 Å². The first-order chi connectivity index (χ1) is 16.8. The maximum atomic E-state index is 13.5. The predicted octanol–water partition coefficient (Wildman–Crippen LogP) is 1.47. The van der Waals surface area contributed by atoms with Crippen LogP contribution >= 0.6 is 24.0 Å². The summed E-state index contributed by atoms with van der Waals surface area (Å²) >= 11 is 5.90. The lowest BCUT2D eigenvalue weighted by Gasteiger charge is -2.37. The van der Waals surface area contributed by atoms with E-state index in [2.05, 4.69) is 10.4 Å². The van der Waals surface area contributed by atoms with E-state index >= 15 is 0 Å². The van der Waals surface area contributed by atoms with Gasteiger partial charge in [-0.15, -0.1) is 12.4 Å². The second-order valence-corrected chi connectivity index (χ2v) is 13.5. The average molecular weight is 575 g/mol. The Bertz CT molecular complexity index is 1290. The average Bonchev–Trinajstić information content (AvgIpc) is 3.56. The fourth-order valence-electron chi connectivity index (χ4n) is 4.75. The van der Waals surface area contributed by atoms with E-state index in [-0.39, 0.29) is 55.2 Å². The Morgan fingerprint density at radius 2 is 1.92 bits per heavy atom. The van der Waals surface area contributed by atoms with Gasteiger partial charge in [0, 0.05) is 43.3 Å². The first-order valence-electron chi connectivity index (χ1n) is 11.8. The quantitative estimate of drug-likeness (QED) is 0.411. The van der Waals surface area contributed by atoms with Gasteiger partial charge >= 0.3 is 0 Å². The first-order valence-corrected chi connectivity index (χ1v) is 13.7. The van der Waals surface area contributed by atoms with Crippen LogP contribution in [-0.4, -0.2) is 75.3 Å². The Labute approximate surface area is 227 Å². The fourth-order valence-corrected chi connectivity index (χ4v) is 7.43. The van der Waals surface area contributed by atoms with Crippen LogP contribution in [-0.2, 0) is 29.9 Å². The minimum absolute atomic E-state index is 0. The van der Waals surface area contributed by atoms with Gasteiger partial charge in [0.1, 0.15) is 5.69 Å². The van der Waals surface area contributed by atoms with Crippen LogP contribution in [0.15, 0.2) is 24.3 Å². The molecule has 1 aliphatic heterocycles. The van der Waals surface area contributed by atoms with Crippen molar-refractivity contribution in [2.45, 2.75) is 55.2 Å². The molecule has 13 heteroatoms.